The van der Waals surface area contributed by atoms with Crippen LogP contribution in [0.5, 0.6) is 0 Å². The Balaban J connectivity index is 1.40. The predicted molar refractivity (Wildman–Crippen MR) is 180 cm³/mol. The van der Waals surface area contributed by atoms with E-state index in [9.17, 15) is 0 Å². The van der Waals surface area contributed by atoms with Gasteiger partial charge in [-0.25, -0.2) is 0 Å². The van der Waals surface area contributed by atoms with Gasteiger partial charge in [-0.15, -0.1) is 0 Å². The molecule has 0 bridgehead atoms. The van der Waals surface area contributed by atoms with Gasteiger partial charge in [-0.2, -0.15) is 0 Å². The highest BCUT2D eigenvalue weighted by molar-refractivity contribution is 5.84. The number of hydrogen-bond acceptors (Lipinski definition) is 2. The first kappa shape index (κ1) is 27.1. The van der Waals surface area contributed by atoms with Gasteiger partial charge in [0.2, 0.25) is 0 Å². The fourth-order valence-electron chi connectivity index (χ4n) is 5.77. The minimum absolute atomic E-state index is 1.15. The van der Waals surface area contributed by atoms with Crippen LogP contribution in [0.25, 0.3) is 11.1 Å². The number of anilines is 6. The van der Waals surface area contributed by atoms with Crippen LogP contribution >= 0.6 is 0 Å². The zero-order valence-corrected chi connectivity index (χ0v) is 24.8. The van der Waals surface area contributed by atoms with E-state index in [0.29, 0.717) is 0 Å². The second-order valence-corrected chi connectivity index (χ2v) is 10.9. The Hall–Kier alpha value is -5.08. The third kappa shape index (κ3) is 5.32. The van der Waals surface area contributed by atoms with Crippen molar-refractivity contribution in [3.8, 4) is 11.1 Å². The summed E-state index contributed by atoms with van der Waals surface area (Å²) >= 11 is 0. The molecule has 0 spiro atoms. The lowest BCUT2D eigenvalue weighted by atomic mass is 9.98. The van der Waals surface area contributed by atoms with Crippen molar-refractivity contribution in [2.24, 2.45) is 0 Å². The van der Waals surface area contributed by atoms with Crippen molar-refractivity contribution in [1.82, 2.24) is 0 Å². The Kier molecular flexibility index (Phi) is 7.62. The lowest BCUT2D eigenvalue weighted by Crippen LogP contribution is -2.13. The van der Waals surface area contributed by atoms with Gasteiger partial charge in [0.15, 0.2) is 0 Å². The second kappa shape index (κ2) is 11.8. The maximum atomic E-state index is 2.36. The second-order valence-electron chi connectivity index (χ2n) is 10.9. The minimum atomic E-state index is 1.15. The molecule has 0 fully saturated rings. The molecule has 6 rings (SSSR count). The molecular formula is C40H36N2. The molecule has 0 aliphatic heterocycles. The maximum Gasteiger partial charge on any atom is 0.0491 e. The van der Waals surface area contributed by atoms with E-state index in [1.807, 2.05) is 0 Å². The van der Waals surface area contributed by atoms with Gasteiger partial charge in [0.1, 0.15) is 0 Å². The highest BCUT2D eigenvalue weighted by atomic mass is 15.2. The number of rotatable bonds is 7. The van der Waals surface area contributed by atoms with Crippen molar-refractivity contribution in [1.29, 1.82) is 0 Å². The molecule has 42 heavy (non-hydrogen) atoms. The van der Waals surface area contributed by atoms with Crippen LogP contribution in [-0.2, 0) is 0 Å². The molecule has 0 saturated carbocycles. The first-order valence-corrected chi connectivity index (χ1v) is 14.5. The molecule has 0 atom stereocenters. The predicted octanol–water partition coefficient (Wildman–Crippen LogP) is 11.5. The quantitative estimate of drug-likeness (QED) is 0.197. The molecular weight excluding hydrogens is 508 g/mol. The van der Waals surface area contributed by atoms with Gasteiger partial charge < -0.3 is 9.80 Å². The zero-order chi connectivity index (χ0) is 29.1. The fourth-order valence-corrected chi connectivity index (χ4v) is 5.77. The average Bonchev–Trinajstić information content (AvgIpc) is 3.02. The minimum Gasteiger partial charge on any atom is -0.310 e. The van der Waals surface area contributed by atoms with Crippen LogP contribution in [0, 0.1) is 27.7 Å². The van der Waals surface area contributed by atoms with Gasteiger partial charge in [0.05, 0.1) is 0 Å². The van der Waals surface area contributed by atoms with Crippen molar-refractivity contribution in [2.45, 2.75) is 27.7 Å². The van der Waals surface area contributed by atoms with Crippen LogP contribution in [0.3, 0.4) is 0 Å². The summed E-state index contributed by atoms with van der Waals surface area (Å²) in [7, 11) is 0. The number of aryl methyl sites for hydroxylation is 4. The molecule has 6 aromatic carbocycles. The molecule has 0 heterocycles. The van der Waals surface area contributed by atoms with Gasteiger partial charge >= 0.3 is 0 Å². The van der Waals surface area contributed by atoms with Crippen molar-refractivity contribution in [3.63, 3.8) is 0 Å². The molecule has 0 saturated heterocycles. The van der Waals surface area contributed by atoms with E-state index < -0.39 is 0 Å². The van der Waals surface area contributed by atoms with E-state index in [1.54, 1.807) is 0 Å². The highest BCUT2D eigenvalue weighted by Gasteiger charge is 2.19. The number of para-hydroxylation sites is 4. The first-order chi connectivity index (χ1) is 20.5. The number of hydrogen-bond donors (Lipinski definition) is 0. The normalized spacial score (nSPS) is 10.9. The molecule has 0 aliphatic rings. The highest BCUT2D eigenvalue weighted by Crippen LogP contribution is 2.41. The van der Waals surface area contributed by atoms with E-state index in [2.05, 4.69) is 183 Å². The molecule has 0 N–H and O–H groups in total. The average molecular weight is 545 g/mol. The molecule has 0 radical (unpaired) electrons. The lowest BCUT2D eigenvalue weighted by molar-refractivity contribution is 1.22. The number of nitrogens with zero attached hydrogens (tertiary/aromatic N) is 2. The molecule has 0 amide bonds. The lowest BCUT2D eigenvalue weighted by Gasteiger charge is -2.29. The first-order valence-electron chi connectivity index (χ1n) is 14.5. The smallest absolute Gasteiger partial charge is 0.0491 e. The molecule has 2 nitrogen and oxygen atoms in total. The van der Waals surface area contributed by atoms with E-state index in [0.717, 1.165) is 11.4 Å². The van der Waals surface area contributed by atoms with Crippen molar-refractivity contribution >= 4 is 34.1 Å². The topological polar surface area (TPSA) is 6.48 Å². The summed E-state index contributed by atoms with van der Waals surface area (Å²) in [5, 5.41) is 0. The zero-order valence-electron chi connectivity index (χ0n) is 24.8. The summed E-state index contributed by atoms with van der Waals surface area (Å²) in [5.74, 6) is 0. The monoisotopic (exact) mass is 544 g/mol. The van der Waals surface area contributed by atoms with E-state index in [4.69, 9.17) is 0 Å². The van der Waals surface area contributed by atoms with Gasteiger partial charge in [-0.3, -0.25) is 0 Å². The third-order valence-corrected chi connectivity index (χ3v) is 7.95. The van der Waals surface area contributed by atoms with Gasteiger partial charge in [0.25, 0.3) is 0 Å². The summed E-state index contributed by atoms with van der Waals surface area (Å²) in [4.78, 5) is 4.73. The summed E-state index contributed by atoms with van der Waals surface area (Å²) in [5.41, 5.74) is 14.4. The Morgan fingerprint density at radius 2 is 0.643 bits per heavy atom. The molecule has 2 heteroatoms. The van der Waals surface area contributed by atoms with Crippen molar-refractivity contribution in [2.75, 3.05) is 9.80 Å². The molecule has 0 aliphatic carbocycles. The largest absolute Gasteiger partial charge is 0.310 e. The van der Waals surface area contributed by atoms with Crippen molar-refractivity contribution < 1.29 is 0 Å². The van der Waals surface area contributed by atoms with Crippen LogP contribution in [0.15, 0.2) is 146 Å². The Bertz CT molecular complexity index is 1690. The van der Waals surface area contributed by atoms with Crippen LogP contribution in [0.2, 0.25) is 0 Å². The Morgan fingerprint density at radius 1 is 0.310 bits per heavy atom. The van der Waals surface area contributed by atoms with E-state index in [1.165, 1.54) is 56.1 Å². The standard InChI is InChI=1S/C40H36N2/c1-29-15-11-13-21-37(29)41(35-17-7-5-8-18-35)39-25-23-33(27-31(39)3)34-24-26-40(32(4)28-34)42(36-19-9-6-10-20-36)38-22-14-12-16-30(38)2/h5-28H,1-4H3. The summed E-state index contributed by atoms with van der Waals surface area (Å²) < 4.78 is 0. The summed E-state index contributed by atoms with van der Waals surface area (Å²) in [6.45, 7) is 8.77. The van der Waals surface area contributed by atoms with E-state index in [-0.39, 0.29) is 0 Å². The molecule has 206 valence electrons. The van der Waals surface area contributed by atoms with Gasteiger partial charge in [-0.05, 0) is 122 Å². The summed E-state index contributed by atoms with van der Waals surface area (Å²) in [6.07, 6.45) is 0. The third-order valence-electron chi connectivity index (χ3n) is 7.95. The van der Waals surface area contributed by atoms with Crippen LogP contribution in [0.1, 0.15) is 22.3 Å². The van der Waals surface area contributed by atoms with Gasteiger partial charge in [-0.1, -0.05) is 84.9 Å². The van der Waals surface area contributed by atoms with Crippen molar-refractivity contribution in [3.05, 3.63) is 168 Å². The molecule has 0 unspecified atom stereocenters. The van der Waals surface area contributed by atoms with Gasteiger partial charge in [0, 0.05) is 34.1 Å². The number of benzene rings is 6. The van der Waals surface area contributed by atoms with E-state index >= 15 is 0 Å². The molecule has 0 aromatic heterocycles. The SMILES string of the molecule is Cc1ccccc1N(c1ccccc1)c1ccc(-c2ccc(N(c3ccccc3)c3ccccc3C)c(C)c2)cc1C. The van der Waals surface area contributed by atoms with Crippen LogP contribution in [0.4, 0.5) is 34.1 Å². The Labute approximate surface area is 250 Å². The molecule has 6 aromatic rings. The fraction of sp³-hybridized carbons (Fsp3) is 0.100. The Morgan fingerprint density at radius 3 is 1.00 bits per heavy atom. The summed E-state index contributed by atoms with van der Waals surface area (Å²) in [6, 6.07) is 52.1. The van der Waals surface area contributed by atoms with Crippen LogP contribution in [-0.4, -0.2) is 0 Å². The van der Waals surface area contributed by atoms with Crippen LogP contribution < -0.4 is 9.80 Å². The maximum absolute atomic E-state index is 2.36.